The van der Waals surface area contributed by atoms with Crippen molar-refractivity contribution in [3.63, 3.8) is 0 Å². The number of alkyl halides is 2. The summed E-state index contributed by atoms with van der Waals surface area (Å²) >= 11 is 0. The van der Waals surface area contributed by atoms with Gasteiger partial charge in [-0.2, -0.15) is 0 Å². The smallest absolute Gasteiger partial charge is 0.332 e. The first-order chi connectivity index (χ1) is 8.08. The van der Waals surface area contributed by atoms with Crippen molar-refractivity contribution < 1.29 is 18.3 Å². The molecule has 0 heterocycles. The van der Waals surface area contributed by atoms with Crippen molar-refractivity contribution in [1.82, 2.24) is 0 Å². The highest BCUT2D eigenvalue weighted by Crippen LogP contribution is 2.40. The summed E-state index contributed by atoms with van der Waals surface area (Å²) in [5.74, 6) is -4.09. The lowest BCUT2D eigenvalue weighted by Crippen LogP contribution is -2.63. The zero-order valence-electron chi connectivity index (χ0n) is 11.4. The summed E-state index contributed by atoms with van der Waals surface area (Å²) in [6.45, 7) is 6.60. The monoisotopic (exact) mass is 279 g/mol. The molecule has 0 bridgehead atoms. The first kappa shape index (κ1) is 15.6. The zero-order valence-corrected chi connectivity index (χ0v) is 12.4. The zero-order chi connectivity index (χ0) is 14.0. The Morgan fingerprint density at radius 2 is 1.83 bits per heavy atom. The topological polar surface area (TPSA) is 52.3 Å². The number of esters is 1. The van der Waals surface area contributed by atoms with E-state index in [0.29, 0.717) is 12.8 Å². The third kappa shape index (κ3) is 3.51. The van der Waals surface area contributed by atoms with Crippen LogP contribution in [-0.2, 0) is 9.53 Å². The van der Waals surface area contributed by atoms with Crippen LogP contribution in [0.25, 0.3) is 0 Å². The molecular formula is C12H23F2NO2Si. The van der Waals surface area contributed by atoms with Crippen LogP contribution in [0.15, 0.2) is 0 Å². The lowest BCUT2D eigenvalue weighted by Gasteiger charge is -2.38. The van der Waals surface area contributed by atoms with Gasteiger partial charge in [0.2, 0.25) is 0 Å². The number of halogens is 2. The van der Waals surface area contributed by atoms with Crippen molar-refractivity contribution in [1.29, 1.82) is 0 Å². The van der Waals surface area contributed by atoms with Gasteiger partial charge >= 0.3 is 5.97 Å². The molecule has 18 heavy (non-hydrogen) atoms. The van der Waals surface area contributed by atoms with Crippen LogP contribution in [0.2, 0.25) is 25.7 Å². The van der Waals surface area contributed by atoms with E-state index in [9.17, 15) is 13.6 Å². The molecule has 0 radical (unpaired) electrons. The quantitative estimate of drug-likeness (QED) is 0.636. The summed E-state index contributed by atoms with van der Waals surface area (Å²) in [4.78, 5) is 11.8. The molecule has 3 nitrogen and oxygen atoms in total. The van der Waals surface area contributed by atoms with Crippen LogP contribution in [0.1, 0.15) is 25.7 Å². The molecule has 0 aromatic rings. The van der Waals surface area contributed by atoms with Gasteiger partial charge in [-0.25, -0.2) is 13.6 Å². The van der Waals surface area contributed by atoms with Crippen LogP contribution < -0.4 is 5.73 Å². The first-order valence-electron chi connectivity index (χ1n) is 6.42. The van der Waals surface area contributed by atoms with Crippen molar-refractivity contribution >= 4 is 14.0 Å². The summed E-state index contributed by atoms with van der Waals surface area (Å²) in [7, 11) is -1.34. The summed E-state index contributed by atoms with van der Waals surface area (Å²) in [5, 5.41) is 0. The molecule has 1 fully saturated rings. The minimum absolute atomic E-state index is 0.00573. The molecule has 0 saturated heterocycles. The number of carbonyl (C=O) groups excluding carboxylic acids is 1. The molecule has 0 spiro atoms. The van der Waals surface area contributed by atoms with Crippen LogP contribution in [-0.4, -0.2) is 32.1 Å². The van der Waals surface area contributed by atoms with Crippen LogP contribution in [0.5, 0.6) is 0 Å². The van der Waals surface area contributed by atoms with Gasteiger partial charge in [0.25, 0.3) is 5.92 Å². The standard InChI is InChI=1S/C12H23F2NO2Si/c1-18(2,3)9-8-17-10(16)11(15)6-4-5-7-12(11,13)14/h4-9,15H2,1-3H3/t11-/m0/s1. The Bertz CT molecular complexity index is 318. The van der Waals surface area contributed by atoms with Gasteiger partial charge in [0.15, 0.2) is 5.54 Å². The summed E-state index contributed by atoms with van der Waals surface area (Å²) in [6, 6.07) is 0.764. The average molecular weight is 279 g/mol. The highest BCUT2D eigenvalue weighted by atomic mass is 28.3. The molecule has 6 heteroatoms. The van der Waals surface area contributed by atoms with Crippen molar-refractivity contribution in [2.45, 2.75) is 62.8 Å². The summed E-state index contributed by atoms with van der Waals surface area (Å²) < 4.78 is 32.5. The Labute approximate surface area is 108 Å². The Hall–Kier alpha value is -0.493. The first-order valence-corrected chi connectivity index (χ1v) is 10.1. The molecule has 1 rings (SSSR count). The van der Waals surface area contributed by atoms with Gasteiger partial charge in [-0.05, 0) is 18.9 Å². The Morgan fingerprint density at radius 1 is 1.28 bits per heavy atom. The van der Waals surface area contributed by atoms with E-state index in [0.717, 1.165) is 6.04 Å². The van der Waals surface area contributed by atoms with Crippen molar-refractivity contribution in [2.24, 2.45) is 5.73 Å². The van der Waals surface area contributed by atoms with Crippen molar-refractivity contribution in [3.8, 4) is 0 Å². The third-order valence-electron chi connectivity index (χ3n) is 3.41. The van der Waals surface area contributed by atoms with Gasteiger partial charge < -0.3 is 10.5 Å². The van der Waals surface area contributed by atoms with Crippen LogP contribution in [0, 0.1) is 0 Å². The second-order valence-electron chi connectivity index (χ2n) is 6.33. The lowest BCUT2D eigenvalue weighted by molar-refractivity contribution is -0.173. The molecule has 1 atom stereocenters. The number of rotatable bonds is 4. The van der Waals surface area contributed by atoms with E-state index in [2.05, 4.69) is 19.6 Å². The maximum absolute atomic E-state index is 13.7. The number of hydrogen-bond acceptors (Lipinski definition) is 3. The van der Waals surface area contributed by atoms with E-state index in [1.54, 1.807) is 0 Å². The predicted octanol–water partition coefficient (Wildman–Crippen LogP) is 2.77. The number of hydrogen-bond donors (Lipinski definition) is 1. The molecule has 2 N–H and O–H groups in total. The lowest BCUT2D eigenvalue weighted by atomic mass is 9.79. The van der Waals surface area contributed by atoms with E-state index in [1.807, 2.05) is 0 Å². The van der Waals surface area contributed by atoms with Crippen LogP contribution in [0.4, 0.5) is 8.78 Å². The molecular weight excluding hydrogens is 256 g/mol. The fourth-order valence-electron chi connectivity index (χ4n) is 1.99. The molecule has 106 valence electrons. The highest BCUT2D eigenvalue weighted by Gasteiger charge is 2.58. The number of ether oxygens (including phenoxy) is 1. The minimum atomic E-state index is -3.15. The van der Waals surface area contributed by atoms with Crippen molar-refractivity contribution in [3.05, 3.63) is 0 Å². The Balaban J connectivity index is 2.59. The SMILES string of the molecule is C[Si](C)(C)CCOC(=O)[C@@]1(N)CCCCC1(F)F. The van der Waals surface area contributed by atoms with Gasteiger partial charge in [0, 0.05) is 14.5 Å². The second kappa shape index (κ2) is 5.25. The van der Waals surface area contributed by atoms with Gasteiger partial charge in [-0.1, -0.05) is 26.1 Å². The number of nitrogens with two attached hydrogens (primary N) is 1. The van der Waals surface area contributed by atoms with Crippen LogP contribution >= 0.6 is 0 Å². The van der Waals surface area contributed by atoms with E-state index in [1.165, 1.54) is 0 Å². The molecule has 1 saturated carbocycles. The molecule has 0 unspecified atom stereocenters. The molecule has 0 aromatic carbocycles. The van der Waals surface area contributed by atoms with E-state index < -0.39 is 25.5 Å². The molecule has 0 aromatic heterocycles. The highest BCUT2D eigenvalue weighted by molar-refractivity contribution is 6.76. The summed E-state index contributed by atoms with van der Waals surface area (Å²) in [6.07, 6.45) is 0.641. The number of carbonyl (C=O) groups is 1. The van der Waals surface area contributed by atoms with Gasteiger partial charge in [-0.3, -0.25) is 0 Å². The molecule has 0 aliphatic heterocycles. The summed E-state index contributed by atoms with van der Waals surface area (Å²) in [5.41, 5.74) is 3.50. The van der Waals surface area contributed by atoms with Gasteiger partial charge in [0.05, 0.1) is 6.61 Å². The average Bonchev–Trinajstić information content (AvgIpc) is 2.20. The fourth-order valence-corrected chi connectivity index (χ4v) is 2.70. The van der Waals surface area contributed by atoms with Gasteiger partial charge in [0.1, 0.15) is 0 Å². The van der Waals surface area contributed by atoms with Gasteiger partial charge in [-0.15, -0.1) is 0 Å². The van der Waals surface area contributed by atoms with Crippen molar-refractivity contribution in [2.75, 3.05) is 6.61 Å². The molecule has 1 aliphatic rings. The molecule has 1 aliphatic carbocycles. The maximum Gasteiger partial charge on any atom is 0.332 e. The van der Waals surface area contributed by atoms with E-state index >= 15 is 0 Å². The maximum atomic E-state index is 13.7. The fraction of sp³-hybridized carbons (Fsp3) is 0.917. The molecule has 0 amide bonds. The largest absolute Gasteiger partial charge is 0.464 e. The van der Waals surface area contributed by atoms with E-state index in [4.69, 9.17) is 10.5 Å². The normalized spacial score (nSPS) is 27.9. The predicted molar refractivity (Wildman–Crippen MR) is 69.4 cm³/mol. The Kier molecular flexibility index (Phi) is 4.54. The van der Waals surface area contributed by atoms with E-state index in [-0.39, 0.29) is 19.4 Å². The van der Waals surface area contributed by atoms with Crippen LogP contribution in [0.3, 0.4) is 0 Å². The third-order valence-corrected chi connectivity index (χ3v) is 5.12. The minimum Gasteiger partial charge on any atom is -0.464 e. The Morgan fingerprint density at radius 3 is 2.33 bits per heavy atom. The second-order valence-corrected chi connectivity index (χ2v) is 12.0.